The van der Waals surface area contributed by atoms with E-state index in [0.717, 1.165) is 0 Å². The van der Waals surface area contributed by atoms with Crippen molar-refractivity contribution in [2.75, 3.05) is 24.2 Å². The van der Waals surface area contributed by atoms with Crippen molar-refractivity contribution in [1.29, 1.82) is 0 Å². The van der Waals surface area contributed by atoms with Crippen LogP contribution in [-0.2, 0) is 0 Å². The van der Waals surface area contributed by atoms with Gasteiger partial charge in [-0.15, -0.1) is 10.2 Å². The van der Waals surface area contributed by atoms with E-state index in [4.69, 9.17) is 10.5 Å². The Morgan fingerprint density at radius 3 is 3.10 bits per heavy atom. The summed E-state index contributed by atoms with van der Waals surface area (Å²) in [5, 5.41) is 11.0. The maximum Gasteiger partial charge on any atom is 0.203 e. The molecule has 0 unspecified atom stereocenters. The number of aromatic nitrogens is 4. The number of nitrogens with zero attached hydrogens (tertiary/aromatic N) is 4. The van der Waals surface area contributed by atoms with Crippen molar-refractivity contribution in [3.05, 3.63) is 43.0 Å². The van der Waals surface area contributed by atoms with Crippen LogP contribution in [0.5, 0.6) is 5.75 Å². The highest BCUT2D eigenvalue weighted by Gasteiger charge is 2.04. The number of rotatable bonds is 5. The third-order valence-electron chi connectivity index (χ3n) is 2.79. The molecule has 7 heteroatoms. The number of fused-ring (bicyclic) bond motifs is 1. The summed E-state index contributed by atoms with van der Waals surface area (Å²) >= 11 is 0. The van der Waals surface area contributed by atoms with E-state index in [1.54, 1.807) is 29.2 Å². The molecule has 0 bridgehead atoms. The summed E-state index contributed by atoms with van der Waals surface area (Å²) < 4.78 is 7.39. The molecule has 0 saturated heterocycles. The lowest BCUT2D eigenvalue weighted by Gasteiger charge is -2.09. The first-order chi connectivity index (χ1) is 9.84. The van der Waals surface area contributed by atoms with Crippen molar-refractivity contribution in [1.82, 2.24) is 19.6 Å². The molecule has 0 spiro atoms. The lowest BCUT2D eigenvalue weighted by atomic mass is 10.3. The summed E-state index contributed by atoms with van der Waals surface area (Å²) in [6, 6.07) is 7.40. The lowest BCUT2D eigenvalue weighted by Crippen LogP contribution is -2.13. The minimum atomic E-state index is 0.477. The van der Waals surface area contributed by atoms with Crippen LogP contribution in [-0.4, -0.2) is 32.7 Å². The molecule has 3 N–H and O–H groups in total. The number of ether oxygens (including phenoxy) is 1. The fraction of sp³-hybridized carbons (Fsp3) is 0.154. The second-order valence-corrected chi connectivity index (χ2v) is 4.15. The zero-order valence-electron chi connectivity index (χ0n) is 10.7. The van der Waals surface area contributed by atoms with Crippen LogP contribution in [0.15, 0.2) is 43.0 Å². The molecule has 0 atom stereocenters. The molecule has 0 radical (unpaired) electrons. The minimum Gasteiger partial charge on any atom is -0.490 e. The second kappa shape index (κ2) is 5.43. The predicted octanol–water partition coefficient (Wildman–Crippen LogP) is 1.20. The smallest absolute Gasteiger partial charge is 0.203 e. The van der Waals surface area contributed by atoms with Crippen molar-refractivity contribution in [2.24, 2.45) is 0 Å². The molecule has 20 heavy (non-hydrogen) atoms. The van der Waals surface area contributed by atoms with E-state index in [1.165, 1.54) is 0 Å². The molecular weight excluding hydrogens is 256 g/mol. The highest BCUT2D eigenvalue weighted by Crippen LogP contribution is 2.19. The zero-order chi connectivity index (χ0) is 13.8. The van der Waals surface area contributed by atoms with Crippen molar-refractivity contribution < 1.29 is 4.74 Å². The summed E-state index contributed by atoms with van der Waals surface area (Å²) in [6.07, 6.45) is 5.11. The van der Waals surface area contributed by atoms with Crippen LogP contribution in [0.3, 0.4) is 0 Å². The van der Waals surface area contributed by atoms with Gasteiger partial charge in [-0.1, -0.05) is 12.1 Å². The molecule has 7 nitrogen and oxygen atoms in total. The average molecular weight is 270 g/mol. The number of nitrogens with two attached hydrogens (primary N) is 1. The van der Waals surface area contributed by atoms with Crippen LogP contribution in [0.25, 0.3) is 5.65 Å². The summed E-state index contributed by atoms with van der Waals surface area (Å²) in [6.45, 7) is 1.07. The van der Waals surface area contributed by atoms with Gasteiger partial charge < -0.3 is 15.8 Å². The van der Waals surface area contributed by atoms with Crippen molar-refractivity contribution in [3.63, 3.8) is 0 Å². The first-order valence-electron chi connectivity index (χ1n) is 6.20. The Bertz CT molecular complexity index is 711. The van der Waals surface area contributed by atoms with E-state index in [2.05, 4.69) is 20.5 Å². The van der Waals surface area contributed by atoms with Gasteiger partial charge in [-0.05, 0) is 12.1 Å². The maximum absolute atomic E-state index is 5.80. The summed E-state index contributed by atoms with van der Waals surface area (Å²) in [4.78, 5) is 4.23. The molecule has 2 aromatic heterocycles. The van der Waals surface area contributed by atoms with Gasteiger partial charge in [-0.25, -0.2) is 4.98 Å². The number of nitrogen functional groups attached to an aromatic ring is 1. The molecule has 3 rings (SSSR count). The molecule has 0 aliphatic carbocycles. The van der Waals surface area contributed by atoms with Crippen LogP contribution in [0.4, 0.5) is 11.5 Å². The molecule has 102 valence electrons. The van der Waals surface area contributed by atoms with Gasteiger partial charge in [0, 0.05) is 12.4 Å². The Morgan fingerprint density at radius 1 is 1.30 bits per heavy atom. The Morgan fingerprint density at radius 2 is 2.20 bits per heavy atom. The first kappa shape index (κ1) is 12.2. The van der Waals surface area contributed by atoms with Crippen LogP contribution in [0, 0.1) is 0 Å². The maximum atomic E-state index is 5.80. The molecule has 0 saturated carbocycles. The summed E-state index contributed by atoms with van der Waals surface area (Å²) in [5.41, 5.74) is 7.11. The van der Waals surface area contributed by atoms with Gasteiger partial charge in [0.15, 0.2) is 5.82 Å². The van der Waals surface area contributed by atoms with E-state index >= 15 is 0 Å². The predicted molar refractivity (Wildman–Crippen MR) is 75.6 cm³/mol. The number of benzene rings is 1. The van der Waals surface area contributed by atoms with Crippen LogP contribution < -0.4 is 15.8 Å². The van der Waals surface area contributed by atoms with E-state index in [9.17, 15) is 0 Å². The van der Waals surface area contributed by atoms with Gasteiger partial charge >= 0.3 is 0 Å². The molecule has 0 fully saturated rings. The highest BCUT2D eigenvalue weighted by atomic mass is 16.5. The number of anilines is 2. The molecule has 0 aliphatic rings. The van der Waals surface area contributed by atoms with Crippen LogP contribution >= 0.6 is 0 Å². The molecule has 1 aromatic carbocycles. The number of hydrogen-bond donors (Lipinski definition) is 2. The fourth-order valence-electron chi connectivity index (χ4n) is 1.83. The standard InChI is InChI=1S/C13H14N6O/c14-10-3-1-2-4-11(10)20-8-6-16-12-13-18-17-9-19(13)7-5-15-12/h1-5,7,9H,6,8,14H2,(H,15,16). The van der Waals surface area contributed by atoms with E-state index in [-0.39, 0.29) is 0 Å². The third kappa shape index (κ3) is 2.46. The highest BCUT2D eigenvalue weighted by molar-refractivity contribution is 5.61. The zero-order valence-corrected chi connectivity index (χ0v) is 10.7. The van der Waals surface area contributed by atoms with E-state index in [1.807, 2.05) is 18.2 Å². The van der Waals surface area contributed by atoms with Crippen LogP contribution in [0.2, 0.25) is 0 Å². The van der Waals surface area contributed by atoms with E-state index in [0.29, 0.717) is 36.1 Å². The minimum absolute atomic E-state index is 0.477. The van der Waals surface area contributed by atoms with Gasteiger partial charge in [0.25, 0.3) is 0 Å². The Kier molecular flexibility index (Phi) is 3.32. The van der Waals surface area contributed by atoms with Gasteiger partial charge in [0.1, 0.15) is 18.7 Å². The largest absolute Gasteiger partial charge is 0.490 e. The average Bonchev–Trinajstić information content (AvgIpc) is 2.94. The molecular formula is C13H14N6O. The first-order valence-corrected chi connectivity index (χ1v) is 6.20. The summed E-state index contributed by atoms with van der Waals surface area (Å²) in [7, 11) is 0. The Balaban J connectivity index is 1.58. The Hall–Kier alpha value is -2.83. The lowest BCUT2D eigenvalue weighted by molar-refractivity contribution is 0.334. The third-order valence-corrected chi connectivity index (χ3v) is 2.79. The van der Waals surface area contributed by atoms with Gasteiger partial charge in [0.2, 0.25) is 5.65 Å². The normalized spacial score (nSPS) is 10.6. The van der Waals surface area contributed by atoms with Gasteiger partial charge in [0.05, 0.1) is 12.2 Å². The van der Waals surface area contributed by atoms with E-state index < -0.39 is 0 Å². The number of hydrogen-bond acceptors (Lipinski definition) is 6. The molecule has 0 amide bonds. The molecule has 0 aliphatic heterocycles. The topological polar surface area (TPSA) is 90.4 Å². The van der Waals surface area contributed by atoms with Crippen molar-refractivity contribution >= 4 is 17.2 Å². The summed E-state index contributed by atoms with van der Waals surface area (Å²) in [5.74, 6) is 1.36. The second-order valence-electron chi connectivity index (χ2n) is 4.15. The number of nitrogens with one attached hydrogen (secondary N) is 1. The molecule has 3 aromatic rings. The van der Waals surface area contributed by atoms with Crippen molar-refractivity contribution in [2.45, 2.75) is 0 Å². The number of para-hydroxylation sites is 2. The SMILES string of the molecule is Nc1ccccc1OCCNc1nccn2cnnc12. The monoisotopic (exact) mass is 270 g/mol. The molecule has 2 heterocycles. The fourth-order valence-corrected chi connectivity index (χ4v) is 1.83. The van der Waals surface area contributed by atoms with Crippen LogP contribution in [0.1, 0.15) is 0 Å². The van der Waals surface area contributed by atoms with Gasteiger partial charge in [-0.2, -0.15) is 0 Å². The Labute approximate surface area is 115 Å². The van der Waals surface area contributed by atoms with Crippen molar-refractivity contribution in [3.8, 4) is 5.75 Å². The van der Waals surface area contributed by atoms with Gasteiger partial charge in [-0.3, -0.25) is 4.40 Å². The quantitative estimate of drug-likeness (QED) is 0.535.